The van der Waals surface area contributed by atoms with Gasteiger partial charge in [-0.05, 0) is 19.1 Å². The van der Waals surface area contributed by atoms with Crippen molar-refractivity contribution in [1.29, 1.82) is 0 Å². The van der Waals surface area contributed by atoms with E-state index in [4.69, 9.17) is 4.74 Å². The second kappa shape index (κ2) is 7.09. The first-order valence-corrected chi connectivity index (χ1v) is 9.49. The number of benzene rings is 2. The Balaban J connectivity index is 1.85. The number of nitrogens with two attached hydrogens (primary N) is 1. The van der Waals surface area contributed by atoms with Gasteiger partial charge in [-0.25, -0.2) is 9.69 Å². The minimum atomic E-state index is -1.56. The summed E-state index contributed by atoms with van der Waals surface area (Å²) in [6, 6.07) is 15.8. The molecule has 0 saturated carbocycles. The van der Waals surface area contributed by atoms with Crippen molar-refractivity contribution in [2.45, 2.75) is 18.5 Å². The maximum atomic E-state index is 13.4. The van der Waals surface area contributed by atoms with Crippen LogP contribution >= 0.6 is 0 Å². The number of esters is 1. The zero-order valence-corrected chi connectivity index (χ0v) is 16.2. The molecule has 7 heteroatoms. The molecule has 4 rings (SSSR count). The van der Waals surface area contributed by atoms with Crippen molar-refractivity contribution in [1.82, 2.24) is 0 Å². The summed E-state index contributed by atoms with van der Waals surface area (Å²) in [7, 11) is 1.22. The summed E-state index contributed by atoms with van der Waals surface area (Å²) in [6.45, 7) is 1.35. The first kappa shape index (κ1) is 19.3. The fourth-order valence-electron chi connectivity index (χ4n) is 4.65. The van der Waals surface area contributed by atoms with Crippen molar-refractivity contribution in [2.24, 2.45) is 11.8 Å². The lowest BCUT2D eigenvalue weighted by Crippen LogP contribution is -2.99. The lowest BCUT2D eigenvalue weighted by atomic mass is 9.79. The summed E-state index contributed by atoms with van der Waals surface area (Å²) in [5.74, 6) is -3.36. The summed E-state index contributed by atoms with van der Waals surface area (Å²) < 4.78 is 4.95. The van der Waals surface area contributed by atoms with E-state index in [0.29, 0.717) is 5.69 Å². The third kappa shape index (κ3) is 2.77. The number of rotatable bonds is 4. The van der Waals surface area contributed by atoms with E-state index in [1.165, 1.54) is 7.11 Å². The molecule has 2 heterocycles. The summed E-state index contributed by atoms with van der Waals surface area (Å²) in [6.07, 6.45) is 0. The van der Waals surface area contributed by atoms with E-state index in [1.807, 2.05) is 31.2 Å². The smallest absolute Gasteiger partial charge is 0.371 e. The summed E-state index contributed by atoms with van der Waals surface area (Å²) >= 11 is 0. The molecule has 29 heavy (non-hydrogen) atoms. The van der Waals surface area contributed by atoms with Crippen LogP contribution < -0.4 is 10.2 Å². The molecule has 2 saturated heterocycles. The standard InChI is InChI=1S/C22H22N2O5/c1-13-8-10-14(11-9-13)18-16-17(22(12-25,23-18)21(28)29-2)20(27)24(19(16)26)15-6-4-3-5-7-15/h3-11,16-18,23,25H,12H2,1-2H3/p+1/t16-,17-,18+,22-/m0/s1. The molecule has 3 N–H and O–H groups in total. The van der Waals surface area contributed by atoms with E-state index in [2.05, 4.69) is 0 Å². The molecule has 0 bridgehead atoms. The number of aliphatic hydroxyl groups is 1. The molecule has 4 atom stereocenters. The molecule has 2 fully saturated rings. The lowest BCUT2D eigenvalue weighted by molar-refractivity contribution is -0.735. The molecule has 2 aromatic carbocycles. The van der Waals surface area contributed by atoms with Gasteiger partial charge in [0, 0.05) is 5.56 Å². The summed E-state index contributed by atoms with van der Waals surface area (Å²) in [5.41, 5.74) is 0.771. The zero-order chi connectivity index (χ0) is 20.8. The van der Waals surface area contributed by atoms with E-state index in [-0.39, 0.29) is 5.91 Å². The van der Waals surface area contributed by atoms with Crippen LogP contribution in [0.15, 0.2) is 54.6 Å². The highest BCUT2D eigenvalue weighted by Crippen LogP contribution is 2.45. The SMILES string of the molecule is COC(=O)[C@@]1(CO)[NH2+][C@H](c2ccc(C)cc2)[C@H]2C(=O)N(c3ccccc3)C(=O)[C@H]21. The van der Waals surface area contributed by atoms with Crippen LogP contribution in [0, 0.1) is 18.8 Å². The molecule has 0 unspecified atom stereocenters. The number of methoxy groups -OCH3 is 1. The van der Waals surface area contributed by atoms with E-state index < -0.39 is 41.9 Å². The number of ether oxygens (including phenoxy) is 1. The second-order valence-electron chi connectivity index (χ2n) is 7.64. The molecule has 0 radical (unpaired) electrons. The van der Waals surface area contributed by atoms with E-state index in [1.54, 1.807) is 35.6 Å². The van der Waals surface area contributed by atoms with Gasteiger partial charge in [0.25, 0.3) is 0 Å². The van der Waals surface area contributed by atoms with Crippen molar-refractivity contribution in [3.63, 3.8) is 0 Å². The minimum Gasteiger partial charge on any atom is -0.464 e. The number of hydrogen-bond donors (Lipinski definition) is 2. The number of aliphatic hydroxyl groups excluding tert-OH is 1. The predicted octanol–water partition coefficient (Wildman–Crippen LogP) is 0.323. The summed E-state index contributed by atoms with van der Waals surface area (Å²) in [5, 5.41) is 11.9. The fourth-order valence-corrected chi connectivity index (χ4v) is 4.65. The Labute approximate surface area is 168 Å². The Morgan fingerprint density at radius 3 is 2.34 bits per heavy atom. The van der Waals surface area contributed by atoms with Gasteiger partial charge in [0.15, 0.2) is 0 Å². The third-order valence-corrected chi connectivity index (χ3v) is 6.07. The third-order valence-electron chi connectivity index (χ3n) is 6.07. The number of carbonyl (C=O) groups excluding carboxylic acids is 3. The largest absolute Gasteiger partial charge is 0.464 e. The first-order valence-electron chi connectivity index (χ1n) is 9.49. The van der Waals surface area contributed by atoms with E-state index in [9.17, 15) is 19.5 Å². The molecule has 150 valence electrons. The highest BCUT2D eigenvalue weighted by Gasteiger charge is 2.72. The number of hydrogen-bond acceptors (Lipinski definition) is 5. The van der Waals surface area contributed by atoms with Gasteiger partial charge in [-0.15, -0.1) is 0 Å². The van der Waals surface area contributed by atoms with Gasteiger partial charge in [-0.2, -0.15) is 0 Å². The van der Waals surface area contributed by atoms with Crippen LogP contribution in [0.2, 0.25) is 0 Å². The quantitative estimate of drug-likeness (QED) is 0.574. The van der Waals surface area contributed by atoms with Crippen molar-refractivity contribution in [2.75, 3.05) is 18.6 Å². The number of quaternary nitrogens is 1. The number of anilines is 1. The molecule has 7 nitrogen and oxygen atoms in total. The number of nitrogens with zero attached hydrogens (tertiary/aromatic N) is 1. The minimum absolute atomic E-state index is 0.368. The Hall–Kier alpha value is -3.03. The Morgan fingerprint density at radius 1 is 1.10 bits per heavy atom. The van der Waals surface area contributed by atoms with Crippen LogP contribution in [0.1, 0.15) is 17.2 Å². The number of para-hydroxylation sites is 1. The lowest BCUT2D eigenvalue weighted by Gasteiger charge is -2.27. The number of imide groups is 1. The number of carbonyl (C=O) groups is 3. The molecule has 0 spiro atoms. The molecule has 2 aromatic rings. The number of fused-ring (bicyclic) bond motifs is 1. The van der Waals surface area contributed by atoms with Gasteiger partial charge in [-0.1, -0.05) is 48.0 Å². The van der Waals surface area contributed by atoms with Gasteiger partial charge in [-0.3, -0.25) is 9.59 Å². The van der Waals surface area contributed by atoms with Gasteiger partial charge in [0.2, 0.25) is 17.4 Å². The van der Waals surface area contributed by atoms with Gasteiger partial charge < -0.3 is 15.2 Å². The van der Waals surface area contributed by atoms with Gasteiger partial charge in [0.05, 0.1) is 12.8 Å². The molecular weight excluding hydrogens is 372 g/mol. The van der Waals surface area contributed by atoms with Crippen LogP contribution in [0.5, 0.6) is 0 Å². The van der Waals surface area contributed by atoms with Crippen molar-refractivity contribution in [3.05, 3.63) is 65.7 Å². The fraction of sp³-hybridized carbons (Fsp3) is 0.318. The van der Waals surface area contributed by atoms with E-state index >= 15 is 0 Å². The topological polar surface area (TPSA) is 101 Å². The number of amides is 2. The van der Waals surface area contributed by atoms with Crippen molar-refractivity contribution in [3.8, 4) is 0 Å². The van der Waals surface area contributed by atoms with Crippen LogP contribution in [0.25, 0.3) is 0 Å². The Kier molecular flexibility index (Phi) is 4.72. The summed E-state index contributed by atoms with van der Waals surface area (Å²) in [4.78, 5) is 40.7. The van der Waals surface area contributed by atoms with Gasteiger partial charge in [0.1, 0.15) is 24.5 Å². The highest BCUT2D eigenvalue weighted by molar-refractivity contribution is 6.23. The van der Waals surface area contributed by atoms with Crippen molar-refractivity contribution < 1.29 is 29.5 Å². The molecule has 0 aromatic heterocycles. The van der Waals surface area contributed by atoms with Crippen LogP contribution in [0.3, 0.4) is 0 Å². The van der Waals surface area contributed by atoms with Crippen molar-refractivity contribution >= 4 is 23.5 Å². The molecule has 2 amide bonds. The first-order chi connectivity index (χ1) is 13.9. The van der Waals surface area contributed by atoms with Gasteiger partial charge >= 0.3 is 5.97 Å². The highest BCUT2D eigenvalue weighted by atomic mass is 16.5. The molecule has 0 aliphatic carbocycles. The second-order valence-corrected chi connectivity index (χ2v) is 7.64. The number of aryl methyl sites for hydroxylation is 1. The average Bonchev–Trinajstić information content (AvgIpc) is 3.23. The maximum Gasteiger partial charge on any atom is 0.371 e. The van der Waals surface area contributed by atoms with Crippen LogP contribution in [-0.4, -0.2) is 42.1 Å². The maximum absolute atomic E-state index is 13.4. The Morgan fingerprint density at radius 2 is 1.76 bits per heavy atom. The predicted molar refractivity (Wildman–Crippen MR) is 104 cm³/mol. The molecular formula is C22H23N2O5+. The normalized spacial score (nSPS) is 28.5. The average molecular weight is 395 g/mol. The zero-order valence-electron chi connectivity index (χ0n) is 16.2. The molecule has 2 aliphatic heterocycles. The molecule has 2 aliphatic rings. The Bertz CT molecular complexity index is 959. The van der Waals surface area contributed by atoms with E-state index in [0.717, 1.165) is 16.0 Å². The van der Waals surface area contributed by atoms with Crippen LogP contribution in [0.4, 0.5) is 5.69 Å². The van der Waals surface area contributed by atoms with Crippen LogP contribution in [-0.2, 0) is 19.1 Å². The monoisotopic (exact) mass is 395 g/mol.